The molecule has 3 fully saturated rings. The minimum atomic E-state index is -0.689. The first kappa shape index (κ1) is 35.6. The minimum absolute atomic E-state index is 0.0628. The molecule has 3 aliphatic heterocycles. The first-order valence-corrected chi connectivity index (χ1v) is 19.3. The fourth-order valence-electron chi connectivity index (χ4n) is 9.18. The Morgan fingerprint density at radius 2 is 1.81 bits per heavy atom. The summed E-state index contributed by atoms with van der Waals surface area (Å²) in [6.45, 7) is 11.7. The van der Waals surface area contributed by atoms with Crippen molar-refractivity contribution >= 4 is 40.0 Å². The Labute approximate surface area is 310 Å². The maximum Gasteiger partial charge on any atom is 0.238 e. The fraction of sp³-hybridized carbons (Fsp3) is 0.537. The van der Waals surface area contributed by atoms with E-state index < -0.39 is 16.6 Å². The second-order valence-corrected chi connectivity index (χ2v) is 16.4. The number of nitrogens with zero attached hydrogens (tertiary/aromatic N) is 7. The van der Waals surface area contributed by atoms with Crippen molar-refractivity contribution in [2.24, 2.45) is 5.41 Å². The van der Waals surface area contributed by atoms with Crippen LogP contribution in [0.15, 0.2) is 49.1 Å². The minimum Gasteiger partial charge on any atom is -0.384 e. The smallest absolute Gasteiger partial charge is 0.238 e. The lowest BCUT2D eigenvalue weighted by atomic mass is 9.73. The third-order valence-electron chi connectivity index (χ3n) is 12.2. The number of imidazole rings is 1. The molecule has 11 nitrogen and oxygen atoms in total. The van der Waals surface area contributed by atoms with E-state index in [1.165, 1.54) is 25.5 Å². The van der Waals surface area contributed by atoms with Gasteiger partial charge in [0.15, 0.2) is 11.6 Å². The lowest BCUT2D eigenvalue weighted by molar-refractivity contribution is -0.146. The van der Waals surface area contributed by atoms with E-state index in [-0.39, 0.29) is 29.6 Å². The molecule has 12 heteroatoms. The third kappa shape index (κ3) is 6.17. The molecule has 280 valence electrons. The Morgan fingerprint density at radius 3 is 2.51 bits per heavy atom. The Balaban J connectivity index is 1.16. The molecule has 8 rings (SSSR count). The first-order chi connectivity index (χ1) is 25.5. The van der Waals surface area contributed by atoms with E-state index in [1.807, 2.05) is 29.4 Å². The highest BCUT2D eigenvalue weighted by atomic mass is 19.1. The molecule has 4 aliphatic rings. The summed E-state index contributed by atoms with van der Waals surface area (Å²) in [5.74, 6) is 0.242. The van der Waals surface area contributed by atoms with Crippen LogP contribution in [0, 0.1) is 11.2 Å². The number of halogens is 1. The number of methoxy groups -OCH3 is 1. The Kier molecular flexibility index (Phi) is 9.25. The van der Waals surface area contributed by atoms with Gasteiger partial charge in [-0.3, -0.25) is 14.6 Å². The molecule has 4 aromatic rings. The van der Waals surface area contributed by atoms with Gasteiger partial charge < -0.3 is 29.3 Å². The van der Waals surface area contributed by atoms with E-state index >= 15 is 0 Å². The summed E-state index contributed by atoms with van der Waals surface area (Å²) in [6, 6.07) is 10.6. The highest BCUT2D eigenvalue weighted by molar-refractivity contribution is 6.09. The molecule has 0 unspecified atom stereocenters. The van der Waals surface area contributed by atoms with Crippen molar-refractivity contribution in [2.45, 2.75) is 96.2 Å². The summed E-state index contributed by atoms with van der Waals surface area (Å²) < 4.78 is 22.3. The molecule has 0 bridgehead atoms. The molecule has 1 spiro atoms. The van der Waals surface area contributed by atoms with Gasteiger partial charge >= 0.3 is 0 Å². The number of hydrogen-bond donors (Lipinski definition) is 1. The number of piperidine rings is 2. The number of ether oxygens (including phenoxy) is 1. The van der Waals surface area contributed by atoms with Crippen molar-refractivity contribution in [3.05, 3.63) is 60.4 Å². The zero-order valence-electron chi connectivity index (χ0n) is 31.6. The Hall–Kier alpha value is -4.42. The number of fused-ring (bicyclic) bond motifs is 3. The van der Waals surface area contributed by atoms with Gasteiger partial charge in [-0.15, -0.1) is 0 Å². The van der Waals surface area contributed by atoms with Gasteiger partial charge in [0.25, 0.3) is 0 Å². The number of amides is 2. The standard InChI is InChI=1S/C41H51FN8O3/c1-26(2)49-25-44-34-22-33(46-37(36(34)49)45-32-11-14-43-23-31(32)42)27-9-10-30-35(19-27)50(29-20-28(21-29)47-15-7-6-8-16-47)39(52)41(30)12-17-48(18-13-41)38(51)40(3,4)24-53-5/h9-11,14,19,22-23,25-26,28-29H,6-8,12-13,15-18,20-21,24H2,1-5H3,(H,43,45,46)/t28-,29+. The number of anilines is 3. The van der Waals surface area contributed by atoms with Crippen LogP contribution in [-0.2, 0) is 19.7 Å². The summed E-state index contributed by atoms with van der Waals surface area (Å²) in [4.78, 5) is 48.9. The number of carbonyl (C=O) groups is 2. The predicted octanol–water partition coefficient (Wildman–Crippen LogP) is 6.85. The van der Waals surface area contributed by atoms with Crippen molar-refractivity contribution in [1.29, 1.82) is 0 Å². The summed E-state index contributed by atoms with van der Waals surface area (Å²) in [7, 11) is 1.62. The van der Waals surface area contributed by atoms with Crippen molar-refractivity contribution in [1.82, 2.24) is 29.3 Å². The van der Waals surface area contributed by atoms with Crippen LogP contribution < -0.4 is 10.2 Å². The monoisotopic (exact) mass is 722 g/mol. The molecule has 53 heavy (non-hydrogen) atoms. The first-order valence-electron chi connectivity index (χ1n) is 19.3. The maximum absolute atomic E-state index is 14.9. The Bertz CT molecular complexity index is 2020. The highest BCUT2D eigenvalue weighted by Gasteiger charge is 2.56. The van der Waals surface area contributed by atoms with Crippen molar-refractivity contribution < 1.29 is 18.7 Å². The number of hydrogen-bond acceptors (Lipinski definition) is 8. The molecule has 1 saturated carbocycles. The largest absolute Gasteiger partial charge is 0.384 e. The average molecular weight is 723 g/mol. The quantitative estimate of drug-likeness (QED) is 0.200. The second-order valence-electron chi connectivity index (χ2n) is 16.4. The number of aromatic nitrogens is 4. The van der Waals surface area contributed by atoms with Gasteiger partial charge in [0.1, 0.15) is 5.52 Å². The number of carbonyl (C=O) groups excluding carboxylic acids is 2. The molecule has 1 aromatic carbocycles. The van der Waals surface area contributed by atoms with Crippen LogP contribution in [0.1, 0.15) is 84.2 Å². The highest BCUT2D eigenvalue weighted by Crippen LogP contribution is 2.52. The summed E-state index contributed by atoms with van der Waals surface area (Å²) in [5, 5.41) is 3.23. The number of likely N-dealkylation sites (tertiary alicyclic amines) is 2. The van der Waals surface area contributed by atoms with Crippen LogP contribution in [0.4, 0.5) is 21.6 Å². The van der Waals surface area contributed by atoms with Crippen molar-refractivity contribution in [3.8, 4) is 11.3 Å². The summed E-state index contributed by atoms with van der Waals surface area (Å²) in [5.41, 5.74) is 4.00. The second kappa shape index (κ2) is 13.8. The van der Waals surface area contributed by atoms with E-state index in [4.69, 9.17) is 14.7 Å². The molecule has 2 amide bonds. The molecule has 6 heterocycles. The van der Waals surface area contributed by atoms with Crippen LogP contribution in [0.25, 0.3) is 22.3 Å². The molecule has 0 radical (unpaired) electrons. The lowest BCUT2D eigenvalue weighted by Crippen LogP contribution is -2.58. The molecule has 1 N–H and O–H groups in total. The van der Waals surface area contributed by atoms with Gasteiger partial charge in [0, 0.05) is 55.8 Å². The van der Waals surface area contributed by atoms with Crippen molar-refractivity contribution in [3.63, 3.8) is 0 Å². The third-order valence-corrected chi connectivity index (χ3v) is 12.2. The van der Waals surface area contributed by atoms with E-state index in [0.717, 1.165) is 53.8 Å². The van der Waals surface area contributed by atoms with Crippen LogP contribution in [0.3, 0.4) is 0 Å². The fourth-order valence-corrected chi connectivity index (χ4v) is 9.18. The zero-order valence-corrected chi connectivity index (χ0v) is 31.6. The number of pyridine rings is 2. The lowest BCUT2D eigenvalue weighted by Gasteiger charge is -2.48. The summed E-state index contributed by atoms with van der Waals surface area (Å²) >= 11 is 0. The van der Waals surface area contributed by atoms with Crippen LogP contribution >= 0.6 is 0 Å². The molecule has 2 saturated heterocycles. The van der Waals surface area contributed by atoms with Gasteiger partial charge in [-0.05, 0) is 103 Å². The van der Waals surface area contributed by atoms with E-state index in [1.54, 1.807) is 25.7 Å². The van der Waals surface area contributed by atoms with Gasteiger partial charge in [-0.25, -0.2) is 14.4 Å². The Morgan fingerprint density at radius 1 is 1.06 bits per heavy atom. The number of rotatable bonds is 9. The SMILES string of the molecule is COCC(C)(C)C(=O)N1CCC2(CC1)C(=O)N([C@H]1C[C@@H](N3CCCCC3)C1)c1cc(-c3cc4ncn(C(C)C)c4c(Nc4ccncc4F)n3)ccc12. The van der Waals surface area contributed by atoms with Gasteiger partial charge in [0.2, 0.25) is 11.8 Å². The van der Waals surface area contributed by atoms with Gasteiger partial charge in [-0.1, -0.05) is 18.6 Å². The number of nitrogens with one attached hydrogen (secondary N) is 1. The van der Waals surface area contributed by atoms with E-state index in [2.05, 4.69) is 52.1 Å². The van der Waals surface area contributed by atoms with Crippen molar-refractivity contribution in [2.75, 3.05) is 50.1 Å². The normalized spacial score (nSPS) is 21.8. The van der Waals surface area contributed by atoms with Crippen LogP contribution in [0.2, 0.25) is 0 Å². The molecular formula is C41H51FN8O3. The maximum atomic E-state index is 14.9. The van der Waals surface area contributed by atoms with Gasteiger partial charge in [-0.2, -0.15) is 0 Å². The van der Waals surface area contributed by atoms with E-state index in [9.17, 15) is 14.0 Å². The molecule has 3 aromatic heterocycles. The molecule has 1 aliphatic carbocycles. The molecule has 0 atom stereocenters. The molecular weight excluding hydrogens is 672 g/mol. The van der Waals surface area contributed by atoms with E-state index in [0.29, 0.717) is 50.1 Å². The topological polar surface area (TPSA) is 109 Å². The summed E-state index contributed by atoms with van der Waals surface area (Å²) in [6.07, 6.45) is 11.4. The zero-order chi connectivity index (χ0) is 37.1. The van der Waals surface area contributed by atoms with Crippen LogP contribution in [-0.4, -0.2) is 93.1 Å². The van der Waals surface area contributed by atoms with Gasteiger partial charge in [0.05, 0.1) is 46.9 Å². The van der Waals surface area contributed by atoms with Crippen LogP contribution in [0.5, 0.6) is 0 Å². The predicted molar refractivity (Wildman–Crippen MR) is 204 cm³/mol. The number of benzene rings is 1. The average Bonchev–Trinajstić information content (AvgIpc) is 3.67.